The summed E-state index contributed by atoms with van der Waals surface area (Å²) in [6.07, 6.45) is 0. The fourth-order valence-electron chi connectivity index (χ4n) is 1.75. The standard InChI is InChI=1S/C12H12N4OS/c1-16(5-8-6-18-7-14-8)12-15-11-9(13)3-2-4-10(11)17-12/h2-4,6-7H,5,13H2,1H3. The van der Waals surface area contributed by atoms with Crippen LogP contribution in [0.5, 0.6) is 0 Å². The monoisotopic (exact) mass is 260 g/mol. The molecule has 6 heteroatoms. The highest BCUT2D eigenvalue weighted by Crippen LogP contribution is 2.25. The second-order valence-electron chi connectivity index (χ2n) is 4.03. The Balaban J connectivity index is 1.92. The molecule has 3 rings (SSSR count). The van der Waals surface area contributed by atoms with E-state index in [2.05, 4.69) is 9.97 Å². The van der Waals surface area contributed by atoms with E-state index in [0.717, 1.165) is 5.69 Å². The van der Waals surface area contributed by atoms with Crippen LogP contribution >= 0.6 is 11.3 Å². The molecule has 2 N–H and O–H groups in total. The Morgan fingerprint density at radius 1 is 1.44 bits per heavy atom. The molecule has 1 aromatic carbocycles. The van der Waals surface area contributed by atoms with E-state index in [1.54, 1.807) is 11.3 Å². The molecule has 0 atom stereocenters. The van der Waals surface area contributed by atoms with Gasteiger partial charge in [0.1, 0.15) is 5.52 Å². The summed E-state index contributed by atoms with van der Waals surface area (Å²) in [6, 6.07) is 6.08. The molecule has 0 radical (unpaired) electrons. The third kappa shape index (κ3) is 1.91. The van der Waals surface area contributed by atoms with Crippen LogP contribution in [-0.4, -0.2) is 17.0 Å². The van der Waals surface area contributed by atoms with Gasteiger partial charge in [-0.25, -0.2) is 4.98 Å². The van der Waals surface area contributed by atoms with Crippen molar-refractivity contribution in [1.29, 1.82) is 0 Å². The molecule has 92 valence electrons. The molecule has 0 saturated carbocycles. The molecule has 0 fully saturated rings. The minimum Gasteiger partial charge on any atom is -0.423 e. The number of nitrogens with two attached hydrogens (primary N) is 1. The van der Waals surface area contributed by atoms with Crippen LogP contribution in [0.2, 0.25) is 0 Å². The molecule has 2 aromatic heterocycles. The van der Waals surface area contributed by atoms with Crippen LogP contribution in [0.3, 0.4) is 0 Å². The number of fused-ring (bicyclic) bond motifs is 1. The maximum Gasteiger partial charge on any atom is 0.298 e. The van der Waals surface area contributed by atoms with Crippen LogP contribution in [0.4, 0.5) is 11.7 Å². The van der Waals surface area contributed by atoms with Crippen molar-refractivity contribution >= 4 is 34.1 Å². The van der Waals surface area contributed by atoms with Gasteiger partial charge < -0.3 is 15.1 Å². The number of nitrogen functional groups attached to an aromatic ring is 1. The van der Waals surface area contributed by atoms with E-state index in [-0.39, 0.29) is 0 Å². The van der Waals surface area contributed by atoms with Crippen molar-refractivity contribution < 1.29 is 4.42 Å². The average molecular weight is 260 g/mol. The number of aromatic nitrogens is 2. The molecule has 0 bridgehead atoms. The van der Waals surface area contributed by atoms with Gasteiger partial charge in [0.15, 0.2) is 5.58 Å². The highest BCUT2D eigenvalue weighted by atomic mass is 32.1. The highest BCUT2D eigenvalue weighted by Gasteiger charge is 2.12. The Hall–Kier alpha value is -2.08. The maximum absolute atomic E-state index is 5.85. The molecule has 0 spiro atoms. The number of thiazole rings is 1. The number of oxazole rings is 1. The Labute approximate surface area is 108 Å². The molecule has 2 heterocycles. The van der Waals surface area contributed by atoms with Crippen molar-refractivity contribution in [2.75, 3.05) is 17.7 Å². The number of hydrogen-bond donors (Lipinski definition) is 1. The minimum absolute atomic E-state index is 0.552. The first-order valence-electron chi connectivity index (χ1n) is 5.47. The second-order valence-corrected chi connectivity index (χ2v) is 4.74. The van der Waals surface area contributed by atoms with E-state index in [9.17, 15) is 0 Å². The Morgan fingerprint density at radius 3 is 3.06 bits per heavy atom. The minimum atomic E-state index is 0.552. The van der Waals surface area contributed by atoms with Crippen LogP contribution in [-0.2, 0) is 6.54 Å². The first-order chi connectivity index (χ1) is 8.74. The van der Waals surface area contributed by atoms with E-state index in [0.29, 0.717) is 29.3 Å². The second kappa shape index (κ2) is 4.30. The molecule has 0 aliphatic heterocycles. The van der Waals surface area contributed by atoms with Crippen molar-refractivity contribution in [1.82, 2.24) is 9.97 Å². The largest absolute Gasteiger partial charge is 0.423 e. The van der Waals surface area contributed by atoms with Crippen LogP contribution in [0, 0.1) is 0 Å². The summed E-state index contributed by atoms with van der Waals surface area (Å²) in [4.78, 5) is 10.5. The molecule has 18 heavy (non-hydrogen) atoms. The van der Waals surface area contributed by atoms with Gasteiger partial charge in [-0.3, -0.25) is 0 Å². The Bertz CT molecular complexity index is 662. The predicted octanol–water partition coefficient (Wildman–Crippen LogP) is 2.50. The number of anilines is 2. The Morgan fingerprint density at radius 2 is 2.33 bits per heavy atom. The molecule has 0 saturated heterocycles. The quantitative estimate of drug-likeness (QED) is 0.733. The first kappa shape index (κ1) is 11.0. The normalized spacial score (nSPS) is 10.9. The molecule has 3 aromatic rings. The number of rotatable bonds is 3. The Kier molecular flexibility index (Phi) is 2.64. The van der Waals surface area contributed by atoms with Crippen molar-refractivity contribution in [3.05, 3.63) is 34.8 Å². The van der Waals surface area contributed by atoms with E-state index in [1.165, 1.54) is 0 Å². The van der Waals surface area contributed by atoms with E-state index >= 15 is 0 Å². The third-order valence-electron chi connectivity index (χ3n) is 2.65. The number of para-hydroxylation sites is 1. The van der Waals surface area contributed by atoms with Gasteiger partial charge in [-0.2, -0.15) is 4.98 Å². The molecule has 5 nitrogen and oxygen atoms in total. The predicted molar refractivity (Wildman–Crippen MR) is 72.6 cm³/mol. The van der Waals surface area contributed by atoms with Gasteiger partial charge in [-0.1, -0.05) is 6.07 Å². The number of nitrogens with zero attached hydrogens (tertiary/aromatic N) is 3. The zero-order chi connectivity index (χ0) is 12.5. The molecule has 0 unspecified atom stereocenters. The van der Waals surface area contributed by atoms with Gasteiger partial charge in [0.05, 0.1) is 23.4 Å². The molecular weight excluding hydrogens is 248 g/mol. The summed E-state index contributed by atoms with van der Waals surface area (Å²) < 4.78 is 5.67. The van der Waals surface area contributed by atoms with E-state index < -0.39 is 0 Å². The summed E-state index contributed by atoms with van der Waals surface area (Å²) in [5.74, 6) is 0. The zero-order valence-electron chi connectivity index (χ0n) is 9.83. The lowest BCUT2D eigenvalue weighted by Gasteiger charge is -2.11. The van der Waals surface area contributed by atoms with Crippen molar-refractivity contribution in [3.8, 4) is 0 Å². The summed E-state index contributed by atoms with van der Waals surface area (Å²) >= 11 is 1.58. The van der Waals surface area contributed by atoms with Crippen LogP contribution in [0.15, 0.2) is 33.5 Å². The lowest BCUT2D eigenvalue weighted by atomic mass is 10.3. The molecule has 0 aliphatic carbocycles. The van der Waals surface area contributed by atoms with E-state index in [1.807, 2.05) is 41.0 Å². The lowest BCUT2D eigenvalue weighted by molar-refractivity contribution is 0.581. The summed E-state index contributed by atoms with van der Waals surface area (Å²) in [5, 5.41) is 2.01. The summed E-state index contributed by atoms with van der Waals surface area (Å²) in [7, 11) is 1.92. The molecular formula is C12H12N4OS. The van der Waals surface area contributed by atoms with E-state index in [4.69, 9.17) is 10.2 Å². The number of benzene rings is 1. The fourth-order valence-corrected chi connectivity index (χ4v) is 2.30. The fraction of sp³-hybridized carbons (Fsp3) is 0.167. The van der Waals surface area contributed by atoms with Crippen molar-refractivity contribution in [3.63, 3.8) is 0 Å². The van der Waals surface area contributed by atoms with Gasteiger partial charge in [0.25, 0.3) is 6.01 Å². The van der Waals surface area contributed by atoms with Crippen molar-refractivity contribution in [2.45, 2.75) is 6.54 Å². The number of hydrogen-bond acceptors (Lipinski definition) is 6. The lowest BCUT2D eigenvalue weighted by Crippen LogP contribution is -2.16. The SMILES string of the molecule is CN(Cc1cscn1)c1nc2c(N)cccc2o1. The average Bonchev–Trinajstić information content (AvgIpc) is 2.97. The van der Waals surface area contributed by atoms with Gasteiger partial charge in [-0.05, 0) is 12.1 Å². The summed E-state index contributed by atoms with van der Waals surface area (Å²) in [6.45, 7) is 0.663. The van der Waals surface area contributed by atoms with Crippen LogP contribution in [0.1, 0.15) is 5.69 Å². The summed E-state index contributed by atoms with van der Waals surface area (Å²) in [5.41, 5.74) is 10.7. The van der Waals surface area contributed by atoms with Gasteiger partial charge in [-0.15, -0.1) is 11.3 Å². The van der Waals surface area contributed by atoms with Crippen LogP contribution < -0.4 is 10.6 Å². The maximum atomic E-state index is 5.85. The zero-order valence-corrected chi connectivity index (χ0v) is 10.6. The third-order valence-corrected chi connectivity index (χ3v) is 3.28. The highest BCUT2D eigenvalue weighted by molar-refractivity contribution is 7.07. The topological polar surface area (TPSA) is 68.2 Å². The smallest absolute Gasteiger partial charge is 0.298 e. The van der Waals surface area contributed by atoms with Crippen molar-refractivity contribution in [2.24, 2.45) is 0 Å². The molecule has 0 amide bonds. The van der Waals surface area contributed by atoms with Crippen LogP contribution in [0.25, 0.3) is 11.1 Å². The first-order valence-corrected chi connectivity index (χ1v) is 6.41. The molecule has 0 aliphatic rings. The van der Waals surface area contributed by atoms with Gasteiger partial charge in [0.2, 0.25) is 0 Å². The van der Waals surface area contributed by atoms with Gasteiger partial charge >= 0.3 is 0 Å². The van der Waals surface area contributed by atoms with Gasteiger partial charge in [0, 0.05) is 12.4 Å².